The second kappa shape index (κ2) is 2.62. The highest BCUT2D eigenvalue weighted by atomic mass is 16.5. The van der Waals surface area contributed by atoms with Crippen LogP contribution in [0.4, 0.5) is 0 Å². The van der Waals surface area contributed by atoms with Crippen LogP contribution in [-0.2, 0) is 22.4 Å². The molecule has 1 aliphatic rings. The Balaban J connectivity index is 2.12. The Kier molecular flexibility index (Phi) is 1.60. The maximum absolute atomic E-state index is 11.1. The summed E-state index contributed by atoms with van der Waals surface area (Å²) in [6, 6.07) is 0. The van der Waals surface area contributed by atoms with Crippen molar-refractivity contribution in [3.8, 4) is 0 Å². The third-order valence-corrected chi connectivity index (χ3v) is 2.26. The summed E-state index contributed by atoms with van der Waals surface area (Å²) in [6.07, 6.45) is 3.28. The van der Waals surface area contributed by atoms with Crippen LogP contribution in [0.3, 0.4) is 0 Å². The summed E-state index contributed by atoms with van der Waals surface area (Å²) in [5.74, 6) is -0.126. The van der Waals surface area contributed by atoms with Gasteiger partial charge < -0.3 is 4.74 Å². The Labute approximate surface area is 69.9 Å². The zero-order chi connectivity index (χ0) is 8.55. The molecule has 0 aromatic carbocycles. The van der Waals surface area contributed by atoms with Crippen molar-refractivity contribution in [2.24, 2.45) is 5.92 Å². The molecular formula is C8H10N2O2. The van der Waals surface area contributed by atoms with Gasteiger partial charge in [-0.15, -0.1) is 0 Å². The molecule has 64 valence electrons. The number of carbonyl (C=O) groups excluding carboxylic acids is 1. The summed E-state index contributed by atoms with van der Waals surface area (Å²) in [6.45, 7) is 0. The number of hydrogen-bond donors (Lipinski definition) is 1. The molecule has 1 atom stereocenters. The van der Waals surface area contributed by atoms with Gasteiger partial charge in [0.05, 0.1) is 19.2 Å². The van der Waals surface area contributed by atoms with Crippen molar-refractivity contribution in [3.05, 3.63) is 17.5 Å². The lowest BCUT2D eigenvalue weighted by molar-refractivity contribution is -0.145. The number of aromatic amines is 1. The van der Waals surface area contributed by atoms with Crippen molar-refractivity contribution in [3.63, 3.8) is 0 Å². The third-order valence-electron chi connectivity index (χ3n) is 2.26. The molecule has 2 rings (SSSR count). The van der Waals surface area contributed by atoms with Crippen molar-refractivity contribution in [2.75, 3.05) is 7.11 Å². The summed E-state index contributed by atoms with van der Waals surface area (Å²) in [5, 5.41) is 6.76. The SMILES string of the molecule is COC(=O)[C@H]1Cc2cn[nH]c2C1. The molecule has 1 N–H and O–H groups in total. The van der Waals surface area contributed by atoms with E-state index in [1.165, 1.54) is 7.11 Å². The zero-order valence-electron chi connectivity index (χ0n) is 6.83. The van der Waals surface area contributed by atoms with Crippen LogP contribution >= 0.6 is 0 Å². The summed E-state index contributed by atoms with van der Waals surface area (Å²) >= 11 is 0. The molecule has 4 heteroatoms. The molecule has 1 heterocycles. The van der Waals surface area contributed by atoms with E-state index >= 15 is 0 Å². The number of fused-ring (bicyclic) bond motifs is 1. The fourth-order valence-corrected chi connectivity index (χ4v) is 1.61. The van der Waals surface area contributed by atoms with Crippen LogP contribution in [0.25, 0.3) is 0 Å². The molecule has 1 aromatic heterocycles. The summed E-state index contributed by atoms with van der Waals surface area (Å²) in [4.78, 5) is 11.1. The number of ether oxygens (including phenoxy) is 1. The predicted octanol–water partition coefficient (Wildman–Crippen LogP) is 0.297. The first-order chi connectivity index (χ1) is 5.81. The van der Waals surface area contributed by atoms with Crippen LogP contribution in [-0.4, -0.2) is 23.3 Å². The molecular weight excluding hydrogens is 156 g/mol. The standard InChI is InChI=1S/C8H10N2O2/c1-12-8(11)5-2-6-4-9-10-7(6)3-5/h4-5H,2-3H2,1H3,(H,9,10)/t5-/m0/s1. The number of nitrogens with zero attached hydrogens (tertiary/aromatic N) is 1. The number of methoxy groups -OCH3 is 1. The molecule has 4 nitrogen and oxygen atoms in total. The lowest BCUT2D eigenvalue weighted by Crippen LogP contribution is -2.16. The molecule has 0 saturated heterocycles. The van der Waals surface area contributed by atoms with E-state index in [9.17, 15) is 4.79 Å². The van der Waals surface area contributed by atoms with Crippen LogP contribution < -0.4 is 0 Å². The van der Waals surface area contributed by atoms with Crippen LogP contribution in [0.1, 0.15) is 11.3 Å². The number of H-pyrrole nitrogens is 1. The van der Waals surface area contributed by atoms with Crippen molar-refractivity contribution in [1.82, 2.24) is 10.2 Å². The van der Waals surface area contributed by atoms with Crippen LogP contribution in [0, 0.1) is 5.92 Å². The quantitative estimate of drug-likeness (QED) is 0.610. The van der Waals surface area contributed by atoms with E-state index in [4.69, 9.17) is 0 Å². The van der Waals surface area contributed by atoms with E-state index in [0.29, 0.717) is 0 Å². The first-order valence-electron chi connectivity index (χ1n) is 3.90. The molecule has 0 amide bonds. The maximum Gasteiger partial charge on any atom is 0.309 e. The smallest absolute Gasteiger partial charge is 0.309 e. The number of aromatic nitrogens is 2. The van der Waals surface area contributed by atoms with Gasteiger partial charge in [0, 0.05) is 12.1 Å². The molecule has 0 aliphatic heterocycles. The average molecular weight is 166 g/mol. The highest BCUT2D eigenvalue weighted by molar-refractivity contribution is 5.74. The minimum Gasteiger partial charge on any atom is -0.469 e. The van der Waals surface area contributed by atoms with Crippen LogP contribution in [0.2, 0.25) is 0 Å². The van der Waals surface area contributed by atoms with E-state index < -0.39 is 0 Å². The highest BCUT2D eigenvalue weighted by Gasteiger charge is 2.29. The molecule has 0 spiro atoms. The van der Waals surface area contributed by atoms with Crippen LogP contribution in [0.5, 0.6) is 0 Å². The van der Waals surface area contributed by atoms with Gasteiger partial charge in [0.1, 0.15) is 0 Å². The lowest BCUT2D eigenvalue weighted by atomic mass is 10.1. The Hall–Kier alpha value is -1.32. The number of carbonyl (C=O) groups is 1. The van der Waals surface area contributed by atoms with Crippen molar-refractivity contribution in [1.29, 1.82) is 0 Å². The van der Waals surface area contributed by atoms with Crippen LogP contribution in [0.15, 0.2) is 6.20 Å². The van der Waals surface area contributed by atoms with Gasteiger partial charge in [-0.2, -0.15) is 5.10 Å². The minimum absolute atomic E-state index is 0.000694. The molecule has 0 fully saturated rings. The van der Waals surface area contributed by atoms with Gasteiger partial charge in [-0.3, -0.25) is 9.89 Å². The zero-order valence-corrected chi connectivity index (χ0v) is 6.83. The minimum atomic E-state index is -0.125. The molecule has 1 aromatic rings. The van der Waals surface area contributed by atoms with Crippen molar-refractivity contribution >= 4 is 5.97 Å². The van der Waals surface area contributed by atoms with Crippen molar-refractivity contribution < 1.29 is 9.53 Å². The van der Waals surface area contributed by atoms with Gasteiger partial charge in [0.25, 0.3) is 0 Å². The fraction of sp³-hybridized carbons (Fsp3) is 0.500. The van der Waals surface area contributed by atoms with Gasteiger partial charge in [-0.1, -0.05) is 0 Å². The van der Waals surface area contributed by atoms with Gasteiger partial charge >= 0.3 is 5.97 Å². The van der Waals surface area contributed by atoms with Crippen molar-refractivity contribution in [2.45, 2.75) is 12.8 Å². The molecule has 1 aliphatic carbocycles. The third kappa shape index (κ3) is 0.995. The Bertz CT molecular complexity index is 285. The molecule has 0 saturated carbocycles. The molecule has 0 bridgehead atoms. The largest absolute Gasteiger partial charge is 0.469 e. The Morgan fingerprint density at radius 3 is 3.25 bits per heavy atom. The second-order valence-electron chi connectivity index (χ2n) is 3.00. The highest BCUT2D eigenvalue weighted by Crippen LogP contribution is 2.24. The summed E-state index contributed by atoms with van der Waals surface area (Å²) in [5.41, 5.74) is 2.22. The Morgan fingerprint density at radius 1 is 1.75 bits per heavy atom. The predicted molar refractivity (Wildman–Crippen MR) is 41.5 cm³/mol. The van der Waals surface area contributed by atoms with Gasteiger partial charge in [-0.25, -0.2) is 0 Å². The van der Waals surface area contributed by atoms with Gasteiger partial charge in [0.15, 0.2) is 0 Å². The number of rotatable bonds is 1. The lowest BCUT2D eigenvalue weighted by Gasteiger charge is -2.04. The first-order valence-corrected chi connectivity index (χ1v) is 3.90. The normalized spacial score (nSPS) is 20.6. The summed E-state index contributed by atoms with van der Waals surface area (Å²) < 4.78 is 4.66. The molecule has 0 unspecified atom stereocenters. The van der Waals surface area contributed by atoms with E-state index in [0.717, 1.165) is 24.1 Å². The van der Waals surface area contributed by atoms with E-state index in [1.807, 2.05) is 0 Å². The topological polar surface area (TPSA) is 55.0 Å². The second-order valence-corrected chi connectivity index (χ2v) is 3.00. The Morgan fingerprint density at radius 2 is 2.58 bits per heavy atom. The first kappa shape index (κ1) is 7.34. The van der Waals surface area contributed by atoms with E-state index in [1.54, 1.807) is 6.20 Å². The monoisotopic (exact) mass is 166 g/mol. The number of hydrogen-bond acceptors (Lipinski definition) is 3. The molecule has 0 radical (unpaired) electrons. The number of esters is 1. The fourth-order valence-electron chi connectivity index (χ4n) is 1.61. The van der Waals surface area contributed by atoms with Gasteiger partial charge in [-0.05, 0) is 12.0 Å². The van der Waals surface area contributed by atoms with E-state index in [-0.39, 0.29) is 11.9 Å². The molecule has 12 heavy (non-hydrogen) atoms. The van der Waals surface area contributed by atoms with E-state index in [2.05, 4.69) is 14.9 Å². The number of nitrogens with one attached hydrogen (secondary N) is 1. The average Bonchev–Trinajstić information content (AvgIpc) is 2.60. The summed E-state index contributed by atoms with van der Waals surface area (Å²) in [7, 11) is 1.42. The maximum atomic E-state index is 11.1. The van der Waals surface area contributed by atoms with Gasteiger partial charge in [0.2, 0.25) is 0 Å².